The molecule has 0 unspecified atom stereocenters. The van der Waals surface area contributed by atoms with Crippen LogP contribution in [0.1, 0.15) is 41.3 Å². The second kappa shape index (κ2) is 9.42. The number of hydrogen-bond donors (Lipinski definition) is 0. The predicted octanol–water partition coefficient (Wildman–Crippen LogP) is 2.85. The number of carbonyl (C=O) groups is 2. The van der Waals surface area contributed by atoms with Crippen LogP contribution in [-0.2, 0) is 32.5 Å². The summed E-state index contributed by atoms with van der Waals surface area (Å²) in [5.41, 5.74) is 2.40. The fraction of sp³-hybridized carbons (Fsp3) is 0.417. The van der Waals surface area contributed by atoms with E-state index in [0.717, 1.165) is 18.4 Å². The van der Waals surface area contributed by atoms with Crippen molar-refractivity contribution in [1.82, 2.24) is 9.21 Å². The minimum absolute atomic E-state index is 0.131. The van der Waals surface area contributed by atoms with E-state index in [-0.39, 0.29) is 23.0 Å². The molecule has 2 aliphatic rings. The zero-order valence-electron chi connectivity index (χ0n) is 18.2. The Labute approximate surface area is 189 Å². The van der Waals surface area contributed by atoms with Gasteiger partial charge in [0.2, 0.25) is 10.0 Å². The molecular weight excluding hydrogens is 428 g/mol. The van der Waals surface area contributed by atoms with E-state index in [9.17, 15) is 18.0 Å². The van der Waals surface area contributed by atoms with Crippen molar-refractivity contribution in [2.24, 2.45) is 5.92 Å². The Bertz CT molecular complexity index is 1090. The molecule has 1 amide bonds. The molecule has 7 nitrogen and oxygen atoms in total. The maximum Gasteiger partial charge on any atom is 0.338 e. The van der Waals surface area contributed by atoms with Crippen molar-refractivity contribution >= 4 is 21.9 Å². The van der Waals surface area contributed by atoms with Gasteiger partial charge in [-0.15, -0.1) is 0 Å². The van der Waals surface area contributed by atoms with E-state index >= 15 is 0 Å². The first kappa shape index (κ1) is 22.5. The number of sulfonamides is 1. The number of nitrogens with zero attached hydrogens (tertiary/aromatic N) is 2. The van der Waals surface area contributed by atoms with E-state index in [4.69, 9.17) is 4.74 Å². The molecule has 1 saturated heterocycles. The molecular formula is C24H28N2O5S. The van der Waals surface area contributed by atoms with E-state index in [2.05, 4.69) is 6.92 Å². The molecule has 170 valence electrons. The van der Waals surface area contributed by atoms with Crippen molar-refractivity contribution in [2.75, 3.05) is 26.2 Å². The number of amides is 1. The van der Waals surface area contributed by atoms with E-state index in [0.29, 0.717) is 38.5 Å². The first-order valence-corrected chi connectivity index (χ1v) is 12.4. The summed E-state index contributed by atoms with van der Waals surface area (Å²) >= 11 is 0. The van der Waals surface area contributed by atoms with Crippen LogP contribution >= 0.6 is 0 Å². The summed E-state index contributed by atoms with van der Waals surface area (Å²) in [6, 6.07) is 13.5. The molecule has 8 heteroatoms. The van der Waals surface area contributed by atoms with Gasteiger partial charge >= 0.3 is 5.97 Å². The number of rotatable bonds is 5. The highest BCUT2D eigenvalue weighted by Crippen LogP contribution is 2.25. The van der Waals surface area contributed by atoms with Gasteiger partial charge in [-0.2, -0.15) is 4.31 Å². The Morgan fingerprint density at radius 1 is 0.969 bits per heavy atom. The predicted molar refractivity (Wildman–Crippen MR) is 119 cm³/mol. The largest absolute Gasteiger partial charge is 0.452 e. The minimum atomic E-state index is -3.67. The van der Waals surface area contributed by atoms with Crippen molar-refractivity contribution in [1.29, 1.82) is 0 Å². The van der Waals surface area contributed by atoms with Gasteiger partial charge in [0.15, 0.2) is 6.61 Å². The van der Waals surface area contributed by atoms with Crippen molar-refractivity contribution in [2.45, 2.75) is 37.6 Å². The molecule has 2 heterocycles. The van der Waals surface area contributed by atoms with Gasteiger partial charge in [-0.1, -0.05) is 31.2 Å². The molecule has 0 N–H and O–H groups in total. The maximum absolute atomic E-state index is 13.1. The van der Waals surface area contributed by atoms with E-state index in [1.165, 1.54) is 34.1 Å². The summed E-state index contributed by atoms with van der Waals surface area (Å²) in [6.45, 7) is 3.98. The second-order valence-electron chi connectivity index (χ2n) is 8.52. The zero-order valence-corrected chi connectivity index (χ0v) is 19.0. The number of likely N-dealkylation sites (tertiary alicyclic amines) is 1. The standard InChI is InChI=1S/C24H28N2O5S/c1-18-10-13-25(14-11-18)23(27)17-31-24(28)20-6-8-22(9-7-20)32(29,30)26-15-12-19-4-2-3-5-21(19)16-26/h2-9,18H,10-17H2,1H3. The molecule has 0 bridgehead atoms. The Kier molecular flexibility index (Phi) is 6.62. The molecule has 0 saturated carbocycles. The summed E-state index contributed by atoms with van der Waals surface area (Å²) in [5, 5.41) is 0. The molecule has 0 aliphatic carbocycles. The quantitative estimate of drug-likeness (QED) is 0.646. The van der Waals surface area contributed by atoms with E-state index in [1.54, 1.807) is 4.90 Å². The molecule has 0 atom stereocenters. The number of fused-ring (bicyclic) bond motifs is 1. The van der Waals surface area contributed by atoms with Gasteiger partial charge in [0.25, 0.3) is 5.91 Å². The summed E-state index contributed by atoms with van der Waals surface area (Å²) in [7, 11) is -3.67. The average Bonchev–Trinajstić information content (AvgIpc) is 2.82. The number of piperidine rings is 1. The lowest BCUT2D eigenvalue weighted by Gasteiger charge is -2.30. The van der Waals surface area contributed by atoms with Crippen LogP contribution in [0.2, 0.25) is 0 Å². The third-order valence-electron chi connectivity index (χ3n) is 6.29. The number of carbonyl (C=O) groups excluding carboxylic acids is 2. The van der Waals surface area contributed by atoms with Crippen LogP contribution in [-0.4, -0.2) is 55.7 Å². The summed E-state index contributed by atoms with van der Waals surface area (Å²) in [4.78, 5) is 26.4. The van der Waals surface area contributed by atoms with Crippen LogP contribution in [0.3, 0.4) is 0 Å². The zero-order chi connectivity index (χ0) is 22.7. The highest BCUT2D eigenvalue weighted by atomic mass is 32.2. The molecule has 0 radical (unpaired) electrons. The van der Waals surface area contributed by atoms with Gasteiger partial charge in [0.05, 0.1) is 10.5 Å². The average molecular weight is 457 g/mol. The lowest BCUT2D eigenvalue weighted by atomic mass is 9.99. The molecule has 2 aromatic rings. The van der Waals surface area contributed by atoms with Gasteiger partial charge in [0, 0.05) is 26.2 Å². The maximum atomic E-state index is 13.1. The number of ether oxygens (including phenoxy) is 1. The number of benzene rings is 2. The lowest BCUT2D eigenvalue weighted by molar-refractivity contribution is -0.135. The smallest absolute Gasteiger partial charge is 0.338 e. The third kappa shape index (κ3) is 4.86. The van der Waals surface area contributed by atoms with Crippen LogP contribution < -0.4 is 0 Å². The van der Waals surface area contributed by atoms with Gasteiger partial charge < -0.3 is 9.64 Å². The van der Waals surface area contributed by atoms with Crippen LogP contribution in [0, 0.1) is 5.92 Å². The Hall–Kier alpha value is -2.71. The Balaban J connectivity index is 1.36. The van der Waals surface area contributed by atoms with Gasteiger partial charge in [-0.3, -0.25) is 4.79 Å². The topological polar surface area (TPSA) is 84.0 Å². The van der Waals surface area contributed by atoms with E-state index < -0.39 is 16.0 Å². The fourth-order valence-corrected chi connectivity index (χ4v) is 5.57. The van der Waals surface area contributed by atoms with Crippen LogP contribution in [0.15, 0.2) is 53.4 Å². The highest BCUT2D eigenvalue weighted by Gasteiger charge is 2.28. The van der Waals surface area contributed by atoms with Crippen molar-refractivity contribution in [3.05, 3.63) is 65.2 Å². The Morgan fingerprint density at radius 2 is 1.62 bits per heavy atom. The van der Waals surface area contributed by atoms with Gasteiger partial charge in [-0.05, 0) is 60.6 Å². The number of esters is 1. The molecule has 2 aromatic carbocycles. The first-order valence-electron chi connectivity index (χ1n) is 11.0. The normalized spacial score (nSPS) is 17.6. The van der Waals surface area contributed by atoms with E-state index in [1.807, 2.05) is 24.3 Å². The third-order valence-corrected chi connectivity index (χ3v) is 8.15. The summed E-state index contributed by atoms with van der Waals surface area (Å²) in [6.07, 6.45) is 2.58. The van der Waals surface area contributed by atoms with Crippen molar-refractivity contribution in [3.63, 3.8) is 0 Å². The van der Waals surface area contributed by atoms with Crippen molar-refractivity contribution in [3.8, 4) is 0 Å². The molecule has 1 fully saturated rings. The fourth-order valence-electron chi connectivity index (χ4n) is 4.15. The minimum Gasteiger partial charge on any atom is -0.452 e. The molecule has 0 aromatic heterocycles. The number of hydrogen-bond acceptors (Lipinski definition) is 5. The molecule has 4 rings (SSSR count). The van der Waals surface area contributed by atoms with Gasteiger partial charge in [0.1, 0.15) is 0 Å². The molecule has 32 heavy (non-hydrogen) atoms. The first-order chi connectivity index (χ1) is 15.3. The van der Waals surface area contributed by atoms with Gasteiger partial charge in [-0.25, -0.2) is 13.2 Å². The monoisotopic (exact) mass is 456 g/mol. The highest BCUT2D eigenvalue weighted by molar-refractivity contribution is 7.89. The summed E-state index contributed by atoms with van der Waals surface area (Å²) in [5.74, 6) is -0.231. The Morgan fingerprint density at radius 3 is 2.31 bits per heavy atom. The van der Waals surface area contributed by atoms with Crippen LogP contribution in [0.5, 0.6) is 0 Å². The lowest BCUT2D eigenvalue weighted by Crippen LogP contribution is -2.40. The molecule has 2 aliphatic heterocycles. The van der Waals surface area contributed by atoms with Crippen molar-refractivity contribution < 1.29 is 22.7 Å². The SMILES string of the molecule is CC1CCN(C(=O)COC(=O)c2ccc(S(=O)(=O)N3CCc4ccccc4C3)cc2)CC1. The van der Waals surface area contributed by atoms with Crippen LogP contribution in [0.4, 0.5) is 0 Å². The van der Waals surface area contributed by atoms with Crippen LogP contribution in [0.25, 0.3) is 0 Å². The summed E-state index contributed by atoms with van der Waals surface area (Å²) < 4.78 is 32.7. The molecule has 0 spiro atoms. The second-order valence-corrected chi connectivity index (χ2v) is 10.5.